The summed E-state index contributed by atoms with van der Waals surface area (Å²) in [6, 6.07) is 4.88. The van der Waals surface area contributed by atoms with Crippen LogP contribution in [0.3, 0.4) is 0 Å². The van der Waals surface area contributed by atoms with Gasteiger partial charge < -0.3 is 10.1 Å². The lowest BCUT2D eigenvalue weighted by atomic mass is 10.1. The molecule has 4 nitrogen and oxygen atoms in total. The minimum atomic E-state index is -0.497. The van der Waals surface area contributed by atoms with Crippen molar-refractivity contribution in [3.05, 3.63) is 23.8 Å². The van der Waals surface area contributed by atoms with E-state index in [0.29, 0.717) is 17.0 Å². The number of amides is 1. The molecule has 1 aromatic rings. The Kier molecular flexibility index (Phi) is 2.48. The normalized spacial score (nSPS) is 18.8. The van der Waals surface area contributed by atoms with Gasteiger partial charge in [0.25, 0.3) is 5.91 Å². The van der Waals surface area contributed by atoms with Gasteiger partial charge in [0.05, 0.1) is 5.69 Å². The molecule has 1 heterocycles. The van der Waals surface area contributed by atoms with Crippen molar-refractivity contribution in [3.8, 4) is 5.75 Å². The number of nitrogens with one attached hydrogen (secondary N) is 1. The summed E-state index contributed by atoms with van der Waals surface area (Å²) in [7, 11) is 0. The Hall–Kier alpha value is -1.36. The first-order chi connectivity index (χ1) is 7.08. The summed E-state index contributed by atoms with van der Waals surface area (Å²) in [5.41, 5.74) is 1.01. The molecule has 1 aliphatic heterocycles. The molecule has 1 unspecified atom stereocenters. The number of hydrogen-bond donors (Lipinski definition) is 1. The topological polar surface area (TPSA) is 55.4 Å². The van der Waals surface area contributed by atoms with Crippen LogP contribution in [0.4, 0.5) is 5.69 Å². The SMILES string of the molecule is CC1Oc2ccc(C(=O)Br)cc2NC1=O. The first-order valence-corrected chi connectivity index (χ1v) is 5.18. The van der Waals surface area contributed by atoms with Crippen LogP contribution in [0.2, 0.25) is 0 Å². The number of ether oxygens (including phenoxy) is 1. The van der Waals surface area contributed by atoms with Crippen LogP contribution in [0, 0.1) is 0 Å². The van der Waals surface area contributed by atoms with Crippen molar-refractivity contribution in [2.24, 2.45) is 0 Å². The van der Waals surface area contributed by atoms with Gasteiger partial charge in [-0.2, -0.15) is 0 Å². The van der Waals surface area contributed by atoms with Crippen molar-refractivity contribution < 1.29 is 14.3 Å². The molecule has 1 N–H and O–H groups in total. The molecular weight excluding hydrogens is 262 g/mol. The van der Waals surface area contributed by atoms with E-state index >= 15 is 0 Å². The standard InChI is InChI=1S/C10H8BrNO3/c1-5-10(14)12-7-4-6(9(11)13)2-3-8(7)15-5/h2-5H,1H3,(H,12,14). The van der Waals surface area contributed by atoms with E-state index in [4.69, 9.17) is 4.74 Å². The average molecular weight is 270 g/mol. The zero-order valence-corrected chi connectivity index (χ0v) is 9.50. The van der Waals surface area contributed by atoms with Gasteiger partial charge in [-0.3, -0.25) is 9.59 Å². The molecule has 0 aliphatic carbocycles. The van der Waals surface area contributed by atoms with E-state index in [1.54, 1.807) is 25.1 Å². The lowest BCUT2D eigenvalue weighted by molar-refractivity contribution is -0.122. The minimum Gasteiger partial charge on any atom is -0.479 e. The molecule has 78 valence electrons. The van der Waals surface area contributed by atoms with Crippen LogP contribution < -0.4 is 10.1 Å². The molecule has 0 spiro atoms. The number of hydrogen-bond acceptors (Lipinski definition) is 3. The van der Waals surface area contributed by atoms with E-state index in [9.17, 15) is 9.59 Å². The lowest BCUT2D eigenvalue weighted by Gasteiger charge is -2.23. The van der Waals surface area contributed by atoms with Gasteiger partial charge in [-0.1, -0.05) is 0 Å². The fourth-order valence-electron chi connectivity index (χ4n) is 1.33. The molecule has 1 atom stereocenters. The van der Waals surface area contributed by atoms with Gasteiger partial charge in [0, 0.05) is 5.56 Å². The minimum absolute atomic E-state index is 0.207. The molecule has 1 aliphatic rings. The molecule has 0 saturated heterocycles. The van der Waals surface area contributed by atoms with Crippen LogP contribution in [0.25, 0.3) is 0 Å². The van der Waals surface area contributed by atoms with Crippen molar-refractivity contribution in [3.63, 3.8) is 0 Å². The first-order valence-electron chi connectivity index (χ1n) is 4.39. The molecular formula is C10H8BrNO3. The molecule has 5 heteroatoms. The second-order valence-electron chi connectivity index (χ2n) is 3.23. The molecule has 0 saturated carbocycles. The Morgan fingerprint density at radius 2 is 2.27 bits per heavy atom. The monoisotopic (exact) mass is 269 g/mol. The van der Waals surface area contributed by atoms with Gasteiger partial charge >= 0.3 is 0 Å². The van der Waals surface area contributed by atoms with Crippen LogP contribution in [-0.2, 0) is 4.79 Å². The van der Waals surface area contributed by atoms with Gasteiger partial charge in [-0.15, -0.1) is 0 Å². The molecule has 0 radical (unpaired) electrons. The van der Waals surface area contributed by atoms with Gasteiger partial charge in [0.2, 0.25) is 4.69 Å². The third kappa shape index (κ3) is 1.87. The summed E-state index contributed by atoms with van der Waals surface area (Å²) in [4.78, 5) is 22.3. The van der Waals surface area contributed by atoms with Crippen molar-refractivity contribution in [1.82, 2.24) is 0 Å². The number of halogens is 1. The van der Waals surface area contributed by atoms with Crippen molar-refractivity contribution in [2.75, 3.05) is 5.32 Å². The summed E-state index contributed by atoms with van der Waals surface area (Å²) in [6.07, 6.45) is -0.497. The molecule has 2 rings (SSSR count). The van der Waals surface area contributed by atoms with Gasteiger partial charge in [-0.25, -0.2) is 0 Å². The van der Waals surface area contributed by atoms with Crippen molar-refractivity contribution in [1.29, 1.82) is 0 Å². The molecule has 0 bridgehead atoms. The van der Waals surface area contributed by atoms with Crippen LogP contribution in [-0.4, -0.2) is 16.7 Å². The highest BCUT2D eigenvalue weighted by molar-refractivity contribution is 9.18. The van der Waals surface area contributed by atoms with Crippen LogP contribution >= 0.6 is 15.9 Å². The fraction of sp³-hybridized carbons (Fsp3) is 0.200. The van der Waals surface area contributed by atoms with E-state index in [1.165, 1.54) is 0 Å². The largest absolute Gasteiger partial charge is 0.479 e. The van der Waals surface area contributed by atoms with E-state index in [1.807, 2.05) is 0 Å². The van der Waals surface area contributed by atoms with Crippen molar-refractivity contribution in [2.45, 2.75) is 13.0 Å². The van der Waals surface area contributed by atoms with Crippen LogP contribution in [0.5, 0.6) is 5.75 Å². The maximum Gasteiger partial charge on any atom is 0.265 e. The third-order valence-corrected chi connectivity index (χ3v) is 2.60. The predicted molar refractivity (Wildman–Crippen MR) is 58.4 cm³/mol. The maximum atomic E-state index is 11.3. The van der Waals surface area contributed by atoms with Gasteiger partial charge in [-0.05, 0) is 41.1 Å². The number of rotatable bonds is 1. The Morgan fingerprint density at radius 1 is 1.53 bits per heavy atom. The van der Waals surface area contributed by atoms with Gasteiger partial charge in [0.15, 0.2) is 6.10 Å². The zero-order chi connectivity index (χ0) is 11.0. The quantitative estimate of drug-likeness (QED) is 0.793. The van der Waals surface area contributed by atoms with Crippen LogP contribution in [0.15, 0.2) is 18.2 Å². The summed E-state index contributed by atoms with van der Waals surface area (Å²) in [6.45, 7) is 1.67. The highest BCUT2D eigenvalue weighted by Gasteiger charge is 2.23. The number of anilines is 1. The lowest BCUT2D eigenvalue weighted by Crippen LogP contribution is -2.34. The van der Waals surface area contributed by atoms with Crippen LogP contribution in [0.1, 0.15) is 17.3 Å². The number of fused-ring (bicyclic) bond motifs is 1. The summed E-state index contributed by atoms with van der Waals surface area (Å²) in [5, 5.41) is 2.67. The molecule has 1 aromatic carbocycles. The smallest absolute Gasteiger partial charge is 0.265 e. The second-order valence-corrected chi connectivity index (χ2v) is 3.95. The Morgan fingerprint density at radius 3 is 2.93 bits per heavy atom. The zero-order valence-electron chi connectivity index (χ0n) is 7.91. The second kappa shape index (κ2) is 3.66. The Labute approximate surface area is 94.7 Å². The predicted octanol–water partition coefficient (Wildman–Crippen LogP) is 1.94. The summed E-state index contributed by atoms with van der Waals surface area (Å²) in [5.74, 6) is 0.376. The fourth-order valence-corrected chi connectivity index (χ4v) is 1.58. The number of carbonyl (C=O) groups is 2. The first kappa shape index (κ1) is 10.2. The number of carbonyl (C=O) groups excluding carboxylic acids is 2. The molecule has 1 amide bonds. The molecule has 0 aromatic heterocycles. The van der Waals surface area contributed by atoms with E-state index < -0.39 is 6.10 Å². The highest BCUT2D eigenvalue weighted by Crippen LogP contribution is 2.30. The summed E-state index contributed by atoms with van der Waals surface area (Å²) < 4.78 is 5.12. The Balaban J connectivity index is 2.41. The molecule has 0 fully saturated rings. The van der Waals surface area contributed by atoms with Gasteiger partial charge in [0.1, 0.15) is 5.75 Å². The van der Waals surface area contributed by atoms with E-state index in [-0.39, 0.29) is 10.6 Å². The maximum absolute atomic E-state index is 11.3. The summed E-state index contributed by atoms with van der Waals surface area (Å²) >= 11 is 2.84. The van der Waals surface area contributed by atoms with Crippen molar-refractivity contribution >= 4 is 32.2 Å². The third-order valence-electron chi connectivity index (χ3n) is 2.14. The van der Waals surface area contributed by atoms with E-state index in [0.717, 1.165) is 0 Å². The Bertz CT molecular complexity index is 444. The van der Waals surface area contributed by atoms with E-state index in [2.05, 4.69) is 21.2 Å². The molecule has 15 heavy (non-hydrogen) atoms. The number of benzene rings is 1. The average Bonchev–Trinajstić information content (AvgIpc) is 2.19. The highest BCUT2D eigenvalue weighted by atomic mass is 79.9.